The van der Waals surface area contributed by atoms with Crippen LogP contribution >= 0.6 is 15.9 Å². The smallest absolute Gasteiger partial charge is 0.268 e. The number of aromatic nitrogens is 1. The van der Waals surface area contributed by atoms with Crippen molar-refractivity contribution in [3.63, 3.8) is 0 Å². The van der Waals surface area contributed by atoms with Gasteiger partial charge in [-0.05, 0) is 46.6 Å². The molecule has 1 aliphatic rings. The largest absolute Gasteiger partial charge is 0.377 e. The zero-order valence-electron chi connectivity index (χ0n) is 13.8. The third-order valence-corrected chi connectivity index (χ3v) is 6.10. The fraction of sp³-hybridized carbons (Fsp3) is 0.312. The van der Waals surface area contributed by atoms with Crippen molar-refractivity contribution in [2.24, 2.45) is 0 Å². The van der Waals surface area contributed by atoms with E-state index in [1.807, 2.05) is 0 Å². The number of carbonyl (C=O) groups excluding carboxylic acids is 1. The Morgan fingerprint density at radius 3 is 2.73 bits per heavy atom. The van der Waals surface area contributed by atoms with Crippen molar-refractivity contribution < 1.29 is 22.3 Å². The van der Waals surface area contributed by atoms with Crippen LogP contribution in [0.5, 0.6) is 0 Å². The number of halogens is 2. The molecule has 0 unspecified atom stereocenters. The summed E-state index contributed by atoms with van der Waals surface area (Å²) in [6.07, 6.45) is 1.26. The van der Waals surface area contributed by atoms with Gasteiger partial charge >= 0.3 is 0 Å². The van der Waals surface area contributed by atoms with Crippen LogP contribution in [0.4, 0.5) is 4.39 Å². The van der Waals surface area contributed by atoms with Crippen LogP contribution in [0.25, 0.3) is 0 Å². The molecular weight excluding hydrogens is 429 g/mol. The van der Waals surface area contributed by atoms with Gasteiger partial charge in [-0.1, -0.05) is 6.07 Å². The summed E-state index contributed by atoms with van der Waals surface area (Å²) in [5.41, 5.74) is 0.182. The van der Waals surface area contributed by atoms with E-state index < -0.39 is 27.3 Å². The molecule has 0 atom stereocenters. The number of amides is 1. The Hall–Kier alpha value is -1.75. The van der Waals surface area contributed by atoms with Crippen LogP contribution in [0.1, 0.15) is 23.0 Å². The summed E-state index contributed by atoms with van der Waals surface area (Å²) in [5.74, 6) is -0.859. The zero-order valence-corrected chi connectivity index (χ0v) is 16.2. The third-order valence-electron chi connectivity index (χ3n) is 3.87. The lowest BCUT2D eigenvalue weighted by molar-refractivity contribution is -0.0523. The summed E-state index contributed by atoms with van der Waals surface area (Å²) in [4.78, 5) is 14.8. The number of rotatable bonds is 6. The minimum atomic E-state index is -3.76. The number of hydrogen-bond acceptors (Lipinski definition) is 4. The van der Waals surface area contributed by atoms with E-state index in [9.17, 15) is 17.6 Å². The maximum Gasteiger partial charge on any atom is 0.268 e. The molecule has 1 aliphatic heterocycles. The highest BCUT2D eigenvalue weighted by Crippen LogP contribution is 2.21. The molecule has 0 bridgehead atoms. The highest BCUT2D eigenvalue weighted by molar-refractivity contribution is 9.10. The normalized spacial score (nSPS) is 16.1. The van der Waals surface area contributed by atoms with E-state index in [0.29, 0.717) is 23.2 Å². The van der Waals surface area contributed by atoms with Crippen LogP contribution in [0.2, 0.25) is 0 Å². The van der Waals surface area contributed by atoms with Gasteiger partial charge in [-0.3, -0.25) is 4.79 Å². The Morgan fingerprint density at radius 1 is 1.38 bits per heavy atom. The minimum absolute atomic E-state index is 0.0275. The lowest BCUT2D eigenvalue weighted by Crippen LogP contribution is -2.59. The van der Waals surface area contributed by atoms with Crippen LogP contribution in [-0.2, 0) is 21.3 Å². The molecule has 0 spiro atoms. The number of sulfonamides is 1. The molecule has 0 radical (unpaired) electrons. The number of nitrogens with one attached hydrogen (secondary N) is 3. The molecule has 140 valence electrons. The summed E-state index contributed by atoms with van der Waals surface area (Å²) < 4.78 is 45.8. The zero-order chi connectivity index (χ0) is 18.9. The molecule has 3 rings (SSSR count). The second-order valence-corrected chi connectivity index (χ2v) is 8.88. The van der Waals surface area contributed by atoms with Gasteiger partial charge < -0.3 is 15.0 Å². The van der Waals surface area contributed by atoms with E-state index in [0.717, 1.165) is 0 Å². The number of benzene rings is 1. The molecule has 2 heterocycles. The topological polar surface area (TPSA) is 100 Å². The predicted molar refractivity (Wildman–Crippen MR) is 95.6 cm³/mol. The molecule has 3 N–H and O–H groups in total. The van der Waals surface area contributed by atoms with Crippen molar-refractivity contribution in [2.45, 2.75) is 23.9 Å². The van der Waals surface area contributed by atoms with Gasteiger partial charge in [0.1, 0.15) is 16.4 Å². The molecule has 0 aliphatic carbocycles. The average molecular weight is 446 g/mol. The summed E-state index contributed by atoms with van der Waals surface area (Å²) in [6.45, 7) is 2.52. The Morgan fingerprint density at radius 2 is 2.12 bits per heavy atom. The van der Waals surface area contributed by atoms with Gasteiger partial charge in [-0.25, -0.2) is 17.5 Å². The van der Waals surface area contributed by atoms with Gasteiger partial charge in [0.25, 0.3) is 5.91 Å². The molecule has 10 heteroatoms. The molecular formula is C16H17BrFN3O4S. The lowest BCUT2D eigenvalue weighted by Gasteiger charge is -2.38. The van der Waals surface area contributed by atoms with Crippen molar-refractivity contribution in [1.29, 1.82) is 0 Å². The van der Waals surface area contributed by atoms with Crippen LogP contribution in [0.15, 0.2) is 39.8 Å². The molecule has 1 saturated heterocycles. The first-order valence-electron chi connectivity index (χ1n) is 7.71. The van der Waals surface area contributed by atoms with E-state index in [1.165, 1.54) is 18.3 Å². The van der Waals surface area contributed by atoms with E-state index in [1.54, 1.807) is 19.1 Å². The quantitative estimate of drug-likeness (QED) is 0.631. The summed E-state index contributed by atoms with van der Waals surface area (Å²) in [5, 5.41) is 2.65. The van der Waals surface area contributed by atoms with Crippen molar-refractivity contribution in [3.8, 4) is 0 Å². The third kappa shape index (κ3) is 4.14. The van der Waals surface area contributed by atoms with Crippen molar-refractivity contribution >= 4 is 31.9 Å². The number of H-pyrrole nitrogens is 1. The molecule has 1 aromatic heterocycles. The first-order chi connectivity index (χ1) is 12.2. The highest BCUT2D eigenvalue weighted by Gasteiger charge is 2.38. The molecule has 0 saturated carbocycles. The maximum atomic E-state index is 13.2. The molecule has 1 amide bonds. The van der Waals surface area contributed by atoms with Crippen LogP contribution in [-0.4, -0.2) is 38.1 Å². The van der Waals surface area contributed by atoms with E-state index >= 15 is 0 Å². The summed E-state index contributed by atoms with van der Waals surface area (Å²) in [7, 11) is -3.76. The Bertz CT molecular complexity index is 941. The van der Waals surface area contributed by atoms with Gasteiger partial charge in [0.05, 0.1) is 23.2 Å². The molecule has 1 fully saturated rings. The Labute approximate surface area is 158 Å². The number of aromatic amines is 1. The number of hydrogen-bond donors (Lipinski definition) is 3. The molecule has 26 heavy (non-hydrogen) atoms. The van der Waals surface area contributed by atoms with Crippen LogP contribution in [0.3, 0.4) is 0 Å². The van der Waals surface area contributed by atoms with Gasteiger partial charge in [0, 0.05) is 12.7 Å². The lowest BCUT2D eigenvalue weighted by atomic mass is 10.0. The predicted octanol–water partition coefficient (Wildman–Crippen LogP) is 1.91. The van der Waals surface area contributed by atoms with Crippen molar-refractivity contribution in [3.05, 3.63) is 52.0 Å². The fourth-order valence-corrected chi connectivity index (χ4v) is 4.24. The van der Waals surface area contributed by atoms with Crippen molar-refractivity contribution in [2.75, 3.05) is 13.2 Å². The van der Waals surface area contributed by atoms with E-state index in [2.05, 4.69) is 31.0 Å². The molecule has 2 aromatic rings. The van der Waals surface area contributed by atoms with Gasteiger partial charge in [-0.15, -0.1) is 0 Å². The average Bonchev–Trinajstić information content (AvgIpc) is 3.05. The number of carbonyl (C=O) groups is 1. The first-order valence-corrected chi connectivity index (χ1v) is 9.98. The Kier molecular flexibility index (Phi) is 5.20. The van der Waals surface area contributed by atoms with E-state index in [-0.39, 0.29) is 17.1 Å². The maximum absolute atomic E-state index is 13.2. The van der Waals surface area contributed by atoms with Gasteiger partial charge in [0.2, 0.25) is 10.0 Å². The standard InChI is InChI=1S/C16H17BrFN3O4S/c1-16(8-25-9-16)21-26(23,24)11-5-14(19-7-11)15(22)20-6-10-2-3-13(18)12(17)4-10/h2-5,7,19,21H,6,8-9H2,1H3,(H,20,22). The van der Waals surface area contributed by atoms with Crippen LogP contribution < -0.4 is 10.0 Å². The van der Waals surface area contributed by atoms with Gasteiger partial charge in [-0.2, -0.15) is 0 Å². The minimum Gasteiger partial charge on any atom is -0.377 e. The second-order valence-electron chi connectivity index (χ2n) is 6.34. The monoisotopic (exact) mass is 445 g/mol. The summed E-state index contributed by atoms with van der Waals surface area (Å²) >= 11 is 3.08. The SMILES string of the molecule is CC1(NS(=O)(=O)c2c[nH]c(C(=O)NCc3ccc(F)c(Br)c3)c2)COC1. The highest BCUT2D eigenvalue weighted by atomic mass is 79.9. The molecule has 7 nitrogen and oxygen atoms in total. The van der Waals surface area contributed by atoms with Crippen LogP contribution in [0, 0.1) is 5.82 Å². The van der Waals surface area contributed by atoms with E-state index in [4.69, 9.17) is 4.74 Å². The summed E-state index contributed by atoms with van der Waals surface area (Å²) in [6, 6.07) is 5.67. The van der Waals surface area contributed by atoms with Gasteiger partial charge in [0.15, 0.2) is 0 Å². The molecule has 1 aromatic carbocycles. The Balaban J connectivity index is 1.65. The fourth-order valence-electron chi connectivity index (χ4n) is 2.44. The first kappa shape index (κ1) is 19.0. The van der Waals surface area contributed by atoms with Crippen molar-refractivity contribution in [1.82, 2.24) is 15.0 Å². The second kappa shape index (κ2) is 7.10. The number of ether oxygens (including phenoxy) is 1.